The van der Waals surface area contributed by atoms with Gasteiger partial charge in [0.05, 0.1) is 21.3 Å². The minimum Gasteiger partial charge on any atom is -0.288 e. The van der Waals surface area contributed by atoms with Crippen molar-refractivity contribution in [2.45, 2.75) is 44.9 Å². The van der Waals surface area contributed by atoms with Crippen molar-refractivity contribution < 1.29 is 13.4 Å². The van der Waals surface area contributed by atoms with Gasteiger partial charge in [-0.05, 0) is 45.9 Å². The fraction of sp³-hybridized carbons (Fsp3) is 0.533. The van der Waals surface area contributed by atoms with Gasteiger partial charge in [-0.3, -0.25) is 4.79 Å². The lowest BCUT2D eigenvalue weighted by atomic mass is 9.95. The van der Waals surface area contributed by atoms with Crippen molar-refractivity contribution in [1.82, 2.24) is 4.72 Å². The molecule has 1 rings (SSSR count). The predicted molar refractivity (Wildman–Crippen MR) is 95.6 cm³/mol. The highest BCUT2D eigenvalue weighted by atomic mass is 79.9. The number of hydrogen-bond donors (Lipinski definition) is 1. The summed E-state index contributed by atoms with van der Waals surface area (Å²) in [5, 5.41) is -0.0648. The van der Waals surface area contributed by atoms with Gasteiger partial charge in [0, 0.05) is 22.7 Å². The molecule has 2 atom stereocenters. The summed E-state index contributed by atoms with van der Waals surface area (Å²) < 4.78 is 30.0. The molecule has 124 valence electrons. The number of nitrogens with one attached hydrogen (secondary N) is 1. The van der Waals surface area contributed by atoms with E-state index in [9.17, 15) is 13.4 Å². The fourth-order valence-corrected chi connectivity index (χ4v) is 3.76. The van der Waals surface area contributed by atoms with Gasteiger partial charge in [0.2, 0.25) is 0 Å². The molecule has 0 radical (unpaired) electrons. The number of carbonyl (C=O) groups excluding carboxylic acids is 1. The lowest BCUT2D eigenvalue weighted by Gasteiger charge is -2.33. The fourth-order valence-electron chi connectivity index (χ4n) is 1.69. The minimum absolute atomic E-state index is 0.0648. The molecule has 1 N–H and O–H groups in total. The first-order valence-electron chi connectivity index (χ1n) is 6.74. The molecule has 0 fully saturated rings. The average molecular weight is 410 g/mol. The van der Waals surface area contributed by atoms with Crippen LogP contribution >= 0.6 is 27.7 Å². The van der Waals surface area contributed by atoms with Gasteiger partial charge >= 0.3 is 0 Å². The van der Waals surface area contributed by atoms with Gasteiger partial charge < -0.3 is 0 Å². The zero-order valence-electron chi connectivity index (χ0n) is 13.3. The van der Waals surface area contributed by atoms with Crippen molar-refractivity contribution in [2.75, 3.05) is 5.75 Å². The van der Waals surface area contributed by atoms with Crippen LogP contribution in [0.5, 0.6) is 0 Å². The van der Waals surface area contributed by atoms with E-state index in [4.69, 9.17) is 0 Å². The molecule has 1 aromatic rings. The van der Waals surface area contributed by atoms with Crippen LogP contribution in [-0.2, 0) is 21.3 Å². The standard InChI is InChI=1S/C15H21BrFNO2S2/c1-10(19)21-9-15(5,18-22(20)14(2,3)4)12-8-11(16)6-7-13(12)17/h6-8,18H,9H2,1-5H3/t15-,22+/m0/s1. The van der Waals surface area contributed by atoms with Gasteiger partial charge in [0.25, 0.3) is 0 Å². The third-order valence-electron chi connectivity index (χ3n) is 2.96. The highest BCUT2D eigenvalue weighted by Crippen LogP contribution is 2.31. The van der Waals surface area contributed by atoms with Gasteiger partial charge in [-0.25, -0.2) is 13.3 Å². The smallest absolute Gasteiger partial charge is 0.185 e. The molecule has 0 saturated heterocycles. The van der Waals surface area contributed by atoms with E-state index in [0.29, 0.717) is 5.56 Å². The maximum Gasteiger partial charge on any atom is 0.185 e. The number of halogens is 2. The minimum atomic E-state index is -1.39. The van der Waals surface area contributed by atoms with Crippen molar-refractivity contribution in [1.29, 1.82) is 0 Å². The van der Waals surface area contributed by atoms with Crippen molar-refractivity contribution in [3.8, 4) is 0 Å². The first-order chi connectivity index (χ1) is 9.95. The Labute approximate surface area is 146 Å². The second kappa shape index (κ2) is 7.55. The molecule has 0 aliphatic carbocycles. The van der Waals surface area contributed by atoms with Gasteiger partial charge in [0.1, 0.15) is 5.82 Å². The summed E-state index contributed by atoms with van der Waals surface area (Å²) in [5.41, 5.74) is -0.546. The molecule has 3 nitrogen and oxygen atoms in total. The molecule has 0 aromatic heterocycles. The van der Waals surface area contributed by atoms with E-state index >= 15 is 0 Å². The van der Waals surface area contributed by atoms with Crippen molar-refractivity contribution in [3.05, 3.63) is 34.1 Å². The summed E-state index contributed by atoms with van der Waals surface area (Å²) in [6.07, 6.45) is 0. The topological polar surface area (TPSA) is 46.2 Å². The molecule has 7 heteroatoms. The quantitative estimate of drug-likeness (QED) is 0.794. The van der Waals surface area contributed by atoms with Crippen LogP contribution < -0.4 is 4.72 Å². The number of benzene rings is 1. The van der Waals surface area contributed by atoms with Crippen LogP contribution in [-0.4, -0.2) is 19.8 Å². The molecule has 0 aliphatic heterocycles. The Balaban J connectivity index is 3.24. The van der Waals surface area contributed by atoms with E-state index in [-0.39, 0.29) is 10.9 Å². The second-order valence-electron chi connectivity index (χ2n) is 6.22. The molecule has 0 bridgehead atoms. The summed E-state index contributed by atoms with van der Waals surface area (Å²) in [4.78, 5) is 11.3. The Kier molecular flexibility index (Phi) is 6.80. The normalized spacial score (nSPS) is 16.1. The van der Waals surface area contributed by atoms with E-state index < -0.39 is 27.1 Å². The van der Waals surface area contributed by atoms with Crippen molar-refractivity contribution in [2.24, 2.45) is 0 Å². The molecule has 0 saturated carbocycles. The molecule has 22 heavy (non-hydrogen) atoms. The van der Waals surface area contributed by atoms with Crippen LogP contribution in [0.3, 0.4) is 0 Å². The third-order valence-corrected chi connectivity index (χ3v) is 6.33. The van der Waals surface area contributed by atoms with Gasteiger partial charge in [-0.15, -0.1) is 0 Å². The zero-order chi connectivity index (χ0) is 17.1. The van der Waals surface area contributed by atoms with E-state index in [1.54, 1.807) is 19.1 Å². The summed E-state index contributed by atoms with van der Waals surface area (Å²) >= 11 is 4.41. The molecule has 0 unspecified atom stereocenters. The molecule has 0 amide bonds. The zero-order valence-corrected chi connectivity index (χ0v) is 16.5. The molecular weight excluding hydrogens is 389 g/mol. The first-order valence-corrected chi connectivity index (χ1v) is 9.67. The highest BCUT2D eigenvalue weighted by molar-refractivity contribution is 9.10. The summed E-state index contributed by atoms with van der Waals surface area (Å²) in [6.45, 7) is 8.74. The van der Waals surface area contributed by atoms with Crippen LogP contribution in [0.2, 0.25) is 0 Å². The van der Waals surface area contributed by atoms with E-state index in [1.807, 2.05) is 20.8 Å². The maximum atomic E-state index is 14.3. The number of rotatable bonds is 5. The van der Waals surface area contributed by atoms with Crippen molar-refractivity contribution >= 4 is 43.8 Å². The van der Waals surface area contributed by atoms with E-state index in [2.05, 4.69) is 20.7 Å². The van der Waals surface area contributed by atoms with Crippen LogP contribution in [0.15, 0.2) is 22.7 Å². The Hall–Kier alpha value is -0.240. The Bertz CT molecular complexity index is 589. The Morgan fingerprint density at radius 2 is 1.95 bits per heavy atom. The first kappa shape index (κ1) is 19.8. The monoisotopic (exact) mass is 409 g/mol. The molecular formula is C15H21BrFNO2S2. The van der Waals surface area contributed by atoms with E-state index in [1.165, 1.54) is 13.0 Å². The lowest BCUT2D eigenvalue weighted by Crippen LogP contribution is -2.48. The van der Waals surface area contributed by atoms with Crippen LogP contribution in [0.4, 0.5) is 4.39 Å². The summed E-state index contributed by atoms with van der Waals surface area (Å²) in [5.74, 6) is -0.106. The van der Waals surface area contributed by atoms with Crippen LogP contribution in [0.1, 0.15) is 40.2 Å². The van der Waals surface area contributed by atoms with Crippen LogP contribution in [0.25, 0.3) is 0 Å². The molecule has 1 aromatic carbocycles. The molecule has 0 spiro atoms. The number of hydrogen-bond acceptors (Lipinski definition) is 3. The second-order valence-corrected chi connectivity index (χ2v) is 10.3. The maximum absolute atomic E-state index is 14.3. The summed E-state index contributed by atoms with van der Waals surface area (Å²) in [6, 6.07) is 4.62. The van der Waals surface area contributed by atoms with Gasteiger partial charge in [0.15, 0.2) is 5.12 Å². The van der Waals surface area contributed by atoms with Crippen LogP contribution in [0, 0.1) is 5.82 Å². The highest BCUT2D eigenvalue weighted by Gasteiger charge is 2.35. The molecule has 0 aliphatic rings. The van der Waals surface area contributed by atoms with Gasteiger partial charge in [-0.2, -0.15) is 0 Å². The van der Waals surface area contributed by atoms with Crippen molar-refractivity contribution in [3.63, 3.8) is 0 Å². The SMILES string of the molecule is CC(=O)SC[C@](C)(N[S@](=O)C(C)(C)C)c1cc(Br)ccc1F. The molecule has 0 heterocycles. The van der Waals surface area contributed by atoms with E-state index in [0.717, 1.165) is 16.2 Å². The third kappa shape index (κ3) is 5.44. The Morgan fingerprint density at radius 1 is 1.36 bits per heavy atom. The van der Waals surface area contributed by atoms with Gasteiger partial charge in [-0.1, -0.05) is 27.7 Å². The Morgan fingerprint density at radius 3 is 2.45 bits per heavy atom. The largest absolute Gasteiger partial charge is 0.288 e. The average Bonchev–Trinajstić information content (AvgIpc) is 2.38. The number of thioether (sulfide) groups is 1. The predicted octanol–water partition coefficient (Wildman–Crippen LogP) is 4.13. The number of carbonyl (C=O) groups is 1. The summed E-state index contributed by atoms with van der Waals surface area (Å²) in [7, 11) is -1.39. The lowest BCUT2D eigenvalue weighted by molar-refractivity contribution is -0.109.